The Balaban J connectivity index is 1.30. The van der Waals surface area contributed by atoms with Crippen molar-refractivity contribution in [2.75, 3.05) is 36.5 Å². The van der Waals surface area contributed by atoms with Gasteiger partial charge < -0.3 is 15.0 Å². The summed E-state index contributed by atoms with van der Waals surface area (Å²) in [5, 5.41) is 26.2. The van der Waals surface area contributed by atoms with Gasteiger partial charge in [-0.2, -0.15) is 15.6 Å². The Hall–Kier alpha value is -3.95. The van der Waals surface area contributed by atoms with Crippen molar-refractivity contribution in [3.05, 3.63) is 48.9 Å². The van der Waals surface area contributed by atoms with E-state index in [1.165, 1.54) is 5.69 Å². The first kappa shape index (κ1) is 20.9. The van der Waals surface area contributed by atoms with E-state index in [2.05, 4.69) is 49.6 Å². The molecule has 1 aliphatic heterocycles. The quantitative estimate of drug-likeness (QED) is 0.619. The molecule has 0 radical (unpaired) electrons. The van der Waals surface area contributed by atoms with Gasteiger partial charge in [0.05, 0.1) is 55.1 Å². The maximum atomic E-state index is 9.27. The molecule has 9 nitrogen and oxygen atoms in total. The molecule has 0 atom stereocenters. The minimum Gasteiger partial charge on any atom is -0.378 e. The van der Waals surface area contributed by atoms with Crippen molar-refractivity contribution in [3.63, 3.8) is 0 Å². The molecule has 166 valence electrons. The maximum Gasteiger partial charge on any atom is 0.227 e. The molecule has 0 bridgehead atoms. The van der Waals surface area contributed by atoms with Crippen molar-refractivity contribution in [1.82, 2.24) is 19.7 Å². The lowest BCUT2D eigenvalue weighted by Crippen LogP contribution is -2.46. The summed E-state index contributed by atoms with van der Waals surface area (Å²) in [6.45, 7) is 3.32. The van der Waals surface area contributed by atoms with Crippen LogP contribution in [0.15, 0.2) is 48.9 Å². The molecule has 3 heterocycles. The average molecular weight is 441 g/mol. The third-order valence-corrected chi connectivity index (χ3v) is 6.36. The normalized spacial score (nSPS) is 22.1. The van der Waals surface area contributed by atoms with Crippen LogP contribution in [0, 0.1) is 28.6 Å². The summed E-state index contributed by atoms with van der Waals surface area (Å²) in [5.41, 5.74) is 3.27. The zero-order valence-electron chi connectivity index (χ0n) is 18.2. The Kier molecular flexibility index (Phi) is 5.64. The first-order valence-electron chi connectivity index (χ1n) is 11.0. The number of nitrogens with one attached hydrogen (secondary N) is 1. The molecule has 1 saturated carbocycles. The highest BCUT2D eigenvalue weighted by Crippen LogP contribution is 2.46. The number of ether oxygens (including phenoxy) is 1. The van der Waals surface area contributed by atoms with Crippen LogP contribution in [0.3, 0.4) is 0 Å². The smallest absolute Gasteiger partial charge is 0.227 e. The Morgan fingerprint density at radius 3 is 2.64 bits per heavy atom. The molecule has 1 aromatic carbocycles. The summed E-state index contributed by atoms with van der Waals surface area (Å²) in [6.07, 6.45) is 7.01. The Morgan fingerprint density at radius 2 is 1.91 bits per heavy atom. The van der Waals surface area contributed by atoms with Crippen LogP contribution >= 0.6 is 0 Å². The molecular weight excluding hydrogens is 416 g/mol. The van der Waals surface area contributed by atoms with Gasteiger partial charge in [-0.25, -0.2) is 9.97 Å². The molecule has 5 rings (SSSR count). The minimum atomic E-state index is -0.399. The number of nitrogens with zero attached hydrogens (tertiary/aromatic N) is 7. The van der Waals surface area contributed by atoms with Crippen molar-refractivity contribution in [1.29, 1.82) is 10.5 Å². The Bertz CT molecular complexity index is 1190. The number of hydrogen-bond donors (Lipinski definition) is 1. The van der Waals surface area contributed by atoms with Gasteiger partial charge in [-0.05, 0) is 43.2 Å². The summed E-state index contributed by atoms with van der Waals surface area (Å²) >= 11 is 0. The van der Waals surface area contributed by atoms with Gasteiger partial charge in [0.2, 0.25) is 5.95 Å². The summed E-state index contributed by atoms with van der Waals surface area (Å²) in [5.74, 6) is 0.481. The van der Waals surface area contributed by atoms with Crippen LogP contribution in [0.25, 0.3) is 11.3 Å². The fourth-order valence-corrected chi connectivity index (χ4v) is 4.51. The number of hydrogen-bond acceptors (Lipinski definition) is 8. The predicted molar refractivity (Wildman–Crippen MR) is 123 cm³/mol. The second kappa shape index (κ2) is 8.89. The van der Waals surface area contributed by atoms with Crippen LogP contribution in [-0.2, 0) is 10.3 Å². The minimum absolute atomic E-state index is 0.0181. The van der Waals surface area contributed by atoms with E-state index in [4.69, 9.17) is 10.00 Å². The number of morpholine rings is 1. The fraction of sp³-hybridized carbons (Fsp3) is 0.375. The van der Waals surface area contributed by atoms with Crippen LogP contribution < -0.4 is 10.2 Å². The van der Waals surface area contributed by atoms with Crippen LogP contribution in [-0.4, -0.2) is 46.1 Å². The van der Waals surface area contributed by atoms with E-state index in [1.807, 2.05) is 29.1 Å². The third kappa shape index (κ3) is 4.23. The molecule has 2 aliphatic rings. The lowest BCUT2D eigenvalue weighted by molar-refractivity contribution is 0.0882. The zero-order valence-corrected chi connectivity index (χ0v) is 18.2. The highest BCUT2D eigenvalue weighted by atomic mass is 16.5. The average Bonchev–Trinajstić information content (AvgIpc) is 3.33. The molecule has 0 unspecified atom stereocenters. The van der Waals surface area contributed by atoms with Gasteiger partial charge in [-0.3, -0.25) is 4.68 Å². The number of anilines is 3. The molecule has 2 fully saturated rings. The van der Waals surface area contributed by atoms with Crippen molar-refractivity contribution in [2.24, 2.45) is 5.92 Å². The van der Waals surface area contributed by atoms with Crippen molar-refractivity contribution in [3.8, 4) is 23.4 Å². The first-order valence-corrected chi connectivity index (χ1v) is 11.0. The van der Waals surface area contributed by atoms with Gasteiger partial charge in [0.1, 0.15) is 0 Å². The molecule has 1 aliphatic carbocycles. The molecule has 3 aromatic rings. The van der Waals surface area contributed by atoms with E-state index in [-0.39, 0.29) is 5.92 Å². The third-order valence-electron chi connectivity index (χ3n) is 6.36. The van der Waals surface area contributed by atoms with E-state index in [0.717, 1.165) is 43.2 Å². The highest BCUT2D eigenvalue weighted by molar-refractivity contribution is 5.62. The molecule has 9 heteroatoms. The highest BCUT2D eigenvalue weighted by Gasteiger charge is 2.46. The van der Waals surface area contributed by atoms with Gasteiger partial charge >= 0.3 is 0 Å². The van der Waals surface area contributed by atoms with E-state index in [1.54, 1.807) is 12.4 Å². The van der Waals surface area contributed by atoms with Crippen molar-refractivity contribution in [2.45, 2.75) is 24.8 Å². The van der Waals surface area contributed by atoms with E-state index < -0.39 is 5.54 Å². The van der Waals surface area contributed by atoms with Crippen molar-refractivity contribution < 1.29 is 4.74 Å². The first-order chi connectivity index (χ1) is 16.2. The SMILES string of the molecule is N#CCC1(n2cc(-c3ccnc(Nc4ccc(N5CCOCC5)cc4)n3)cn2)CC(C#N)C1. The van der Waals surface area contributed by atoms with E-state index in [0.29, 0.717) is 25.2 Å². The standard InChI is InChI=1S/C24H24N8O/c25-7-6-24(13-18(14-24)15-26)32-17-19(16-28-32)22-5-8-27-23(30-22)29-20-1-3-21(4-2-20)31-9-11-33-12-10-31/h1-5,8,16-18H,6,9-14H2,(H,27,29,30). The molecular formula is C24H24N8O. The van der Waals surface area contributed by atoms with E-state index >= 15 is 0 Å². The number of aromatic nitrogens is 4. The van der Waals surface area contributed by atoms with Crippen LogP contribution in [0.4, 0.5) is 17.3 Å². The number of rotatable bonds is 6. The summed E-state index contributed by atoms with van der Waals surface area (Å²) in [6, 6.07) is 14.6. The largest absolute Gasteiger partial charge is 0.378 e. The number of nitriles is 2. The van der Waals surface area contributed by atoms with Gasteiger partial charge in [-0.1, -0.05) is 0 Å². The fourth-order valence-electron chi connectivity index (χ4n) is 4.51. The van der Waals surface area contributed by atoms with Crippen LogP contribution in [0.2, 0.25) is 0 Å². The molecule has 1 N–H and O–H groups in total. The summed E-state index contributed by atoms with van der Waals surface area (Å²) in [7, 11) is 0. The van der Waals surface area contributed by atoms with Gasteiger partial charge in [0, 0.05) is 42.4 Å². The van der Waals surface area contributed by atoms with Crippen molar-refractivity contribution >= 4 is 17.3 Å². The molecule has 2 aromatic heterocycles. The maximum absolute atomic E-state index is 9.27. The second-order valence-corrected chi connectivity index (χ2v) is 8.50. The summed E-state index contributed by atoms with van der Waals surface area (Å²) in [4.78, 5) is 11.3. The molecule has 33 heavy (non-hydrogen) atoms. The lowest BCUT2D eigenvalue weighted by atomic mass is 9.67. The second-order valence-electron chi connectivity index (χ2n) is 8.50. The molecule has 0 amide bonds. The lowest BCUT2D eigenvalue weighted by Gasteiger charge is -2.43. The number of benzene rings is 1. The molecule has 0 spiro atoms. The monoisotopic (exact) mass is 440 g/mol. The predicted octanol–water partition coefficient (Wildman–Crippen LogP) is 3.46. The van der Waals surface area contributed by atoms with Crippen LogP contribution in [0.1, 0.15) is 19.3 Å². The Morgan fingerprint density at radius 1 is 1.12 bits per heavy atom. The van der Waals surface area contributed by atoms with E-state index in [9.17, 15) is 5.26 Å². The molecule has 1 saturated heterocycles. The van der Waals surface area contributed by atoms with Crippen LogP contribution in [0.5, 0.6) is 0 Å². The zero-order chi connectivity index (χ0) is 22.7. The van der Waals surface area contributed by atoms with Gasteiger partial charge in [0.25, 0.3) is 0 Å². The topological polar surface area (TPSA) is 116 Å². The summed E-state index contributed by atoms with van der Waals surface area (Å²) < 4.78 is 7.25. The Labute approximate surface area is 192 Å². The van der Waals surface area contributed by atoms with Gasteiger partial charge in [-0.15, -0.1) is 0 Å². The van der Waals surface area contributed by atoms with Gasteiger partial charge in [0.15, 0.2) is 0 Å².